The quantitative estimate of drug-likeness (QED) is 0.780. The summed E-state index contributed by atoms with van der Waals surface area (Å²) in [5.74, 6) is 1.23. The highest BCUT2D eigenvalue weighted by Crippen LogP contribution is 2.28. The van der Waals surface area contributed by atoms with Crippen molar-refractivity contribution in [3.8, 4) is 11.5 Å². The van der Waals surface area contributed by atoms with Gasteiger partial charge in [-0.1, -0.05) is 17.3 Å². The largest absolute Gasteiger partial charge is 0.497 e. The van der Waals surface area contributed by atoms with Crippen LogP contribution in [0.1, 0.15) is 22.3 Å². The van der Waals surface area contributed by atoms with E-state index < -0.39 is 0 Å². The van der Waals surface area contributed by atoms with Crippen molar-refractivity contribution < 1.29 is 19.1 Å². The van der Waals surface area contributed by atoms with Gasteiger partial charge in [0.05, 0.1) is 32.0 Å². The minimum Gasteiger partial charge on any atom is -0.497 e. The average Bonchev–Trinajstić information content (AvgIpc) is 3.14. The van der Waals surface area contributed by atoms with Crippen LogP contribution in [0.15, 0.2) is 52.1 Å². The van der Waals surface area contributed by atoms with Gasteiger partial charge in [-0.2, -0.15) is 0 Å². The fraction of sp³-hybridized carbons (Fsp3) is 0.263. The van der Waals surface area contributed by atoms with Gasteiger partial charge < -0.3 is 19.6 Å². The van der Waals surface area contributed by atoms with Gasteiger partial charge in [0.1, 0.15) is 17.6 Å². The van der Waals surface area contributed by atoms with Gasteiger partial charge >= 0.3 is 0 Å². The molecule has 26 heavy (non-hydrogen) atoms. The molecule has 136 valence electrons. The van der Waals surface area contributed by atoms with Crippen LogP contribution in [-0.4, -0.2) is 38.5 Å². The highest BCUT2D eigenvalue weighted by atomic mass is 79.9. The Labute approximate surface area is 160 Å². The lowest BCUT2D eigenvalue weighted by Crippen LogP contribution is -2.32. The summed E-state index contributed by atoms with van der Waals surface area (Å²) in [6.07, 6.45) is 0.363. The van der Waals surface area contributed by atoms with E-state index in [1.54, 1.807) is 26.4 Å². The van der Waals surface area contributed by atoms with Crippen LogP contribution in [0.4, 0.5) is 0 Å². The van der Waals surface area contributed by atoms with E-state index in [2.05, 4.69) is 26.4 Å². The van der Waals surface area contributed by atoms with Crippen molar-refractivity contribution in [1.29, 1.82) is 0 Å². The molecular weight excluding hydrogens is 400 g/mol. The zero-order chi connectivity index (χ0) is 18.5. The number of methoxy groups -OCH3 is 2. The summed E-state index contributed by atoms with van der Waals surface area (Å²) >= 11 is 3.38. The van der Waals surface area contributed by atoms with E-state index in [0.717, 1.165) is 15.7 Å². The molecule has 1 atom stereocenters. The van der Waals surface area contributed by atoms with E-state index in [1.807, 2.05) is 30.3 Å². The molecule has 1 amide bonds. The third kappa shape index (κ3) is 3.99. The Kier molecular flexibility index (Phi) is 5.78. The first-order valence-electron chi connectivity index (χ1n) is 8.10. The van der Waals surface area contributed by atoms with E-state index in [4.69, 9.17) is 14.3 Å². The van der Waals surface area contributed by atoms with Crippen LogP contribution in [0, 0.1) is 0 Å². The highest BCUT2D eigenvalue weighted by Gasteiger charge is 2.25. The van der Waals surface area contributed by atoms with Crippen molar-refractivity contribution in [2.24, 2.45) is 5.16 Å². The number of hydrogen-bond acceptors (Lipinski definition) is 5. The Morgan fingerprint density at radius 3 is 2.81 bits per heavy atom. The fourth-order valence-corrected chi connectivity index (χ4v) is 3.15. The number of carbonyl (C=O) groups is 1. The number of carbonyl (C=O) groups excluding carboxylic acids is 1. The number of nitrogens with one attached hydrogen (secondary N) is 1. The maximum Gasteiger partial charge on any atom is 0.252 e. The van der Waals surface area contributed by atoms with Gasteiger partial charge in [-0.05, 0) is 40.2 Å². The van der Waals surface area contributed by atoms with Gasteiger partial charge in [-0.15, -0.1) is 0 Å². The van der Waals surface area contributed by atoms with E-state index >= 15 is 0 Å². The molecule has 0 saturated carbocycles. The molecule has 1 aliphatic heterocycles. The van der Waals surface area contributed by atoms with Gasteiger partial charge in [-0.3, -0.25) is 4.79 Å². The summed E-state index contributed by atoms with van der Waals surface area (Å²) in [7, 11) is 3.21. The number of amides is 1. The molecule has 2 aromatic carbocycles. The third-order valence-electron chi connectivity index (χ3n) is 4.06. The van der Waals surface area contributed by atoms with Crippen molar-refractivity contribution in [2.45, 2.75) is 12.5 Å². The Morgan fingerprint density at radius 2 is 2.08 bits per heavy atom. The molecule has 0 fully saturated rings. The van der Waals surface area contributed by atoms with Crippen LogP contribution in [0.25, 0.3) is 0 Å². The zero-order valence-electron chi connectivity index (χ0n) is 14.5. The molecule has 0 unspecified atom stereocenters. The summed E-state index contributed by atoms with van der Waals surface area (Å²) in [5, 5.41) is 7.04. The second-order valence-corrected chi connectivity index (χ2v) is 6.58. The second kappa shape index (κ2) is 8.23. The summed E-state index contributed by atoms with van der Waals surface area (Å²) < 4.78 is 11.4. The first-order chi connectivity index (χ1) is 12.6. The maximum atomic E-state index is 12.3. The normalized spacial score (nSPS) is 15.8. The predicted molar refractivity (Wildman–Crippen MR) is 102 cm³/mol. The number of nitrogens with zero attached hydrogens (tertiary/aromatic N) is 1. The molecule has 1 N–H and O–H groups in total. The minimum absolute atomic E-state index is 0.156. The Balaban J connectivity index is 1.60. The molecule has 2 aromatic rings. The smallest absolute Gasteiger partial charge is 0.252 e. The van der Waals surface area contributed by atoms with E-state index in [1.165, 1.54) is 0 Å². The van der Waals surface area contributed by atoms with Gasteiger partial charge in [0.25, 0.3) is 5.91 Å². The zero-order valence-corrected chi connectivity index (χ0v) is 16.1. The number of hydrogen-bond donors (Lipinski definition) is 1. The van der Waals surface area contributed by atoms with Crippen LogP contribution in [-0.2, 0) is 4.84 Å². The summed E-state index contributed by atoms with van der Waals surface area (Å²) in [5.41, 5.74) is 2.22. The van der Waals surface area contributed by atoms with Crippen molar-refractivity contribution in [3.05, 3.63) is 58.1 Å². The van der Waals surface area contributed by atoms with Gasteiger partial charge in [-0.25, -0.2) is 0 Å². The number of ether oxygens (including phenoxy) is 2. The van der Waals surface area contributed by atoms with Crippen molar-refractivity contribution >= 4 is 27.5 Å². The van der Waals surface area contributed by atoms with E-state index in [9.17, 15) is 4.79 Å². The monoisotopic (exact) mass is 418 g/mol. The Hall–Kier alpha value is -2.54. The van der Waals surface area contributed by atoms with E-state index in [0.29, 0.717) is 30.0 Å². The number of benzene rings is 2. The SMILES string of the molecule is COc1ccc(C2=NO[C@H](CNC(=O)c3ccccc3Br)C2)c(OC)c1. The lowest BCUT2D eigenvalue weighted by atomic mass is 10.0. The highest BCUT2D eigenvalue weighted by molar-refractivity contribution is 9.10. The van der Waals surface area contributed by atoms with Crippen LogP contribution in [0.2, 0.25) is 0 Å². The van der Waals surface area contributed by atoms with Crippen molar-refractivity contribution in [1.82, 2.24) is 5.32 Å². The second-order valence-electron chi connectivity index (χ2n) is 5.73. The molecular formula is C19H19BrN2O4. The number of oxime groups is 1. The fourth-order valence-electron chi connectivity index (χ4n) is 2.68. The predicted octanol–water partition coefficient (Wildman–Crippen LogP) is 3.39. The molecule has 0 bridgehead atoms. The van der Waals surface area contributed by atoms with Gasteiger partial charge in [0.15, 0.2) is 0 Å². The lowest BCUT2D eigenvalue weighted by molar-refractivity contribution is 0.0753. The van der Waals surface area contributed by atoms with Crippen LogP contribution < -0.4 is 14.8 Å². The molecule has 1 aliphatic rings. The first-order valence-corrected chi connectivity index (χ1v) is 8.89. The molecule has 0 aliphatic carbocycles. The molecule has 0 spiro atoms. The number of halogens is 1. The molecule has 6 nitrogen and oxygen atoms in total. The van der Waals surface area contributed by atoms with Crippen LogP contribution in [0.3, 0.4) is 0 Å². The molecule has 3 rings (SSSR count). The topological polar surface area (TPSA) is 69.2 Å². The summed E-state index contributed by atoms with van der Waals surface area (Å²) in [6.45, 7) is 0.367. The lowest BCUT2D eigenvalue weighted by Gasteiger charge is -2.11. The number of rotatable bonds is 6. The molecule has 0 radical (unpaired) electrons. The third-order valence-corrected chi connectivity index (χ3v) is 4.75. The van der Waals surface area contributed by atoms with Gasteiger partial charge in [0, 0.05) is 22.5 Å². The molecule has 1 heterocycles. The average molecular weight is 419 g/mol. The van der Waals surface area contributed by atoms with E-state index in [-0.39, 0.29) is 12.0 Å². The standard InChI is InChI=1S/C19H19BrN2O4/c1-24-12-7-8-15(18(10-12)25-2)17-9-13(26-22-17)11-21-19(23)14-5-3-4-6-16(14)20/h3-8,10,13H,9,11H2,1-2H3,(H,21,23)/t13-/m0/s1. The van der Waals surface area contributed by atoms with Crippen LogP contribution in [0.5, 0.6) is 11.5 Å². The Bertz CT molecular complexity index is 838. The van der Waals surface area contributed by atoms with Crippen LogP contribution >= 0.6 is 15.9 Å². The minimum atomic E-state index is -0.219. The summed E-state index contributed by atoms with van der Waals surface area (Å²) in [4.78, 5) is 17.7. The molecule has 0 saturated heterocycles. The van der Waals surface area contributed by atoms with Gasteiger partial charge in [0.2, 0.25) is 0 Å². The van der Waals surface area contributed by atoms with Crippen molar-refractivity contribution in [3.63, 3.8) is 0 Å². The summed E-state index contributed by atoms with van der Waals surface area (Å²) in [6, 6.07) is 12.8. The first kappa shape index (κ1) is 18.3. The molecule has 7 heteroatoms. The molecule has 0 aromatic heterocycles. The maximum absolute atomic E-state index is 12.3. The Morgan fingerprint density at radius 1 is 1.27 bits per heavy atom. The van der Waals surface area contributed by atoms with Crippen molar-refractivity contribution in [2.75, 3.05) is 20.8 Å².